The molecule has 9 atom stereocenters. The maximum atomic E-state index is 14.8. The van der Waals surface area contributed by atoms with E-state index in [1.165, 1.54) is 44.9 Å². The summed E-state index contributed by atoms with van der Waals surface area (Å²) in [5, 5.41) is 26.9. The van der Waals surface area contributed by atoms with E-state index in [9.17, 15) is 58.1 Å². The van der Waals surface area contributed by atoms with Gasteiger partial charge in [-0.05, 0) is 57.8 Å². The summed E-state index contributed by atoms with van der Waals surface area (Å²) in [5.41, 5.74) is 0. The van der Waals surface area contributed by atoms with Gasteiger partial charge in [-0.15, -0.1) is 0 Å². The van der Waals surface area contributed by atoms with Crippen LogP contribution in [0.2, 0.25) is 0 Å². The van der Waals surface area contributed by atoms with E-state index >= 15 is 0 Å². The Morgan fingerprint density at radius 2 is 0.720 bits per heavy atom. The largest absolute Gasteiger partial charge is 0.480 e. The molecular formula is C78H145N2O19P. The predicted molar refractivity (Wildman–Crippen MR) is 393 cm³/mol. The Morgan fingerprint density at radius 1 is 0.410 bits per heavy atom. The quantitative estimate of drug-likeness (QED) is 0.0143. The minimum atomic E-state index is -5.56. The molecule has 0 aromatic rings. The van der Waals surface area contributed by atoms with E-state index in [4.69, 9.17) is 32.9 Å². The van der Waals surface area contributed by atoms with Gasteiger partial charge in [0.05, 0.1) is 32.5 Å². The van der Waals surface area contributed by atoms with E-state index in [1.54, 1.807) is 0 Å². The number of rotatable bonds is 70. The number of carbonyl (C=O) groups excluding carboxylic acids is 6. The normalized spacial score (nSPS) is 17.4. The first-order valence-electron chi connectivity index (χ1n) is 40.6. The fourth-order valence-corrected chi connectivity index (χ4v) is 13.5. The predicted octanol–water partition coefficient (Wildman–Crippen LogP) is 18.1. The summed E-state index contributed by atoms with van der Waals surface area (Å²) in [6.45, 7) is 11.0. The molecule has 0 aliphatic carbocycles. The number of hydrogen-bond acceptors (Lipinski definition) is 16. The van der Waals surface area contributed by atoms with Crippen molar-refractivity contribution in [3.05, 3.63) is 0 Å². The van der Waals surface area contributed by atoms with Gasteiger partial charge in [0, 0.05) is 19.3 Å². The number of carboxylic acid groups (broad SMARTS) is 1. The molecule has 22 heteroatoms. The Morgan fingerprint density at radius 3 is 1.04 bits per heavy atom. The van der Waals surface area contributed by atoms with Crippen molar-refractivity contribution in [3.63, 3.8) is 0 Å². The molecule has 100 heavy (non-hydrogen) atoms. The molecule has 0 saturated carbocycles. The number of aliphatic hydroxyl groups excluding tert-OH is 1. The number of aliphatic carboxylic acids is 1. The van der Waals surface area contributed by atoms with Gasteiger partial charge in [0.1, 0.15) is 36.6 Å². The van der Waals surface area contributed by atoms with Crippen LogP contribution in [-0.4, -0.2) is 130 Å². The number of ether oxygens (including phenoxy) is 6. The number of phosphoric acid groups is 1. The van der Waals surface area contributed by atoms with E-state index in [0.29, 0.717) is 51.4 Å². The number of aliphatic hydroxyl groups is 1. The lowest BCUT2D eigenvalue weighted by atomic mass is 9.95. The highest BCUT2D eigenvalue weighted by molar-refractivity contribution is 7.46. The Balaban J connectivity index is 3.85. The molecule has 2 amide bonds. The summed E-state index contributed by atoms with van der Waals surface area (Å²) in [7, 11) is -5.56. The number of carbonyl (C=O) groups is 7. The summed E-state index contributed by atoms with van der Waals surface area (Å²) in [6.07, 6.45) is 34.4. The van der Waals surface area contributed by atoms with Crippen LogP contribution in [0, 0.1) is 0 Å². The fraction of sp³-hybridized carbons (Fsp3) is 0.910. The first kappa shape index (κ1) is 94.3. The lowest BCUT2D eigenvalue weighted by molar-refractivity contribution is -0.272. The Hall–Kier alpha value is -3.72. The van der Waals surface area contributed by atoms with Crippen LogP contribution >= 0.6 is 7.82 Å². The monoisotopic (exact) mass is 1450 g/mol. The molecule has 1 rings (SSSR count). The number of hydrogen-bond donors (Lipinski definition) is 6. The second kappa shape index (κ2) is 63.7. The molecule has 586 valence electrons. The molecule has 1 fully saturated rings. The standard InChI is InChI=1S/C78H145N2O19P/c1-7-13-19-25-31-34-37-40-46-52-63(94-70(84)55-49-43-28-22-16-10-4)58-68(82)79-66(77(88)89)62-93-78-74(80-69(83)59-64(53-47-41-38-35-32-26-20-14-8-2)95-71(85)56-50-44-29-23-17-11-5)76(75(67(61-81)97-78)99-100(90,91)92)98-73(87)60-65(54-48-42-39-36-33-27-21-15-9-3)96-72(86)57-51-45-30-24-18-12-6/h63-67,74-76,78,81H,7-62H2,1-6H3,(H,79,82)(H,80,83)(H,88,89)(H2,90,91,92)/t63-,64-,65-,66+,67-,74-,75-,76-,78?/m1/s1. The topological polar surface area (TPSA) is 306 Å². The first-order valence-corrected chi connectivity index (χ1v) is 42.1. The van der Waals surface area contributed by atoms with Gasteiger partial charge in [-0.25, -0.2) is 9.36 Å². The van der Waals surface area contributed by atoms with Crippen LogP contribution in [0.3, 0.4) is 0 Å². The van der Waals surface area contributed by atoms with Crippen LogP contribution in [-0.2, 0) is 71.1 Å². The van der Waals surface area contributed by atoms with Gasteiger partial charge in [0.2, 0.25) is 11.8 Å². The summed E-state index contributed by atoms with van der Waals surface area (Å²) in [5.74, 6) is -5.56. The van der Waals surface area contributed by atoms with Crippen molar-refractivity contribution in [2.24, 2.45) is 0 Å². The molecule has 1 aliphatic heterocycles. The molecule has 1 saturated heterocycles. The Labute approximate surface area is 605 Å². The van der Waals surface area contributed by atoms with Crippen LogP contribution in [0.4, 0.5) is 0 Å². The minimum Gasteiger partial charge on any atom is -0.480 e. The van der Waals surface area contributed by atoms with Crippen LogP contribution in [0.1, 0.15) is 388 Å². The Kier molecular flexibility index (Phi) is 60.1. The summed E-state index contributed by atoms with van der Waals surface area (Å²) >= 11 is 0. The van der Waals surface area contributed by atoms with E-state index in [2.05, 4.69) is 52.2 Å². The van der Waals surface area contributed by atoms with Crippen LogP contribution in [0.5, 0.6) is 0 Å². The molecule has 0 radical (unpaired) electrons. The number of nitrogens with one attached hydrogen (secondary N) is 2. The molecule has 0 aromatic carbocycles. The zero-order valence-electron chi connectivity index (χ0n) is 63.7. The summed E-state index contributed by atoms with van der Waals surface area (Å²) in [6, 6.07) is -3.59. The third-order valence-corrected chi connectivity index (χ3v) is 19.5. The maximum absolute atomic E-state index is 14.8. The second-order valence-corrected chi connectivity index (χ2v) is 29.7. The van der Waals surface area contributed by atoms with E-state index in [1.807, 2.05) is 0 Å². The zero-order valence-corrected chi connectivity index (χ0v) is 64.5. The molecule has 0 spiro atoms. The Bertz CT molecular complexity index is 2120. The van der Waals surface area contributed by atoms with Gasteiger partial charge < -0.3 is 59.1 Å². The van der Waals surface area contributed by atoms with E-state index in [0.717, 1.165) is 205 Å². The average molecular weight is 1450 g/mol. The van der Waals surface area contributed by atoms with Crippen molar-refractivity contribution < 1.29 is 91.1 Å². The molecular weight excluding hydrogens is 1300 g/mol. The first-order chi connectivity index (χ1) is 48.3. The van der Waals surface area contributed by atoms with Gasteiger partial charge >= 0.3 is 37.7 Å². The number of amides is 2. The second-order valence-electron chi connectivity index (χ2n) is 28.5. The number of carboxylic acids is 1. The molecule has 1 unspecified atom stereocenters. The lowest BCUT2D eigenvalue weighted by Crippen LogP contribution is -2.66. The van der Waals surface area contributed by atoms with Gasteiger partial charge in [0.15, 0.2) is 18.4 Å². The van der Waals surface area contributed by atoms with Crippen LogP contribution in [0.25, 0.3) is 0 Å². The zero-order chi connectivity index (χ0) is 73.7. The minimum absolute atomic E-state index is 0.123. The SMILES string of the molecule is CCCCCCCCCCC[C@H](CC(=O)N[C@@H](COC1O[C@H](CO)[C@@H](OP(=O)(O)O)[C@H](OC(=O)C[C@@H](CCCCCCCCCCC)OC(=O)CCCCCCCC)[C@H]1NC(=O)C[C@@H](CCCCCCCCCCC)OC(=O)CCCCCCCC)C(=O)O)OC(=O)CCCCCCCC. The maximum Gasteiger partial charge on any atom is 0.470 e. The van der Waals surface area contributed by atoms with E-state index in [-0.39, 0.29) is 32.1 Å². The van der Waals surface area contributed by atoms with Crippen LogP contribution in [0.15, 0.2) is 0 Å². The van der Waals surface area contributed by atoms with Crippen molar-refractivity contribution in [1.29, 1.82) is 0 Å². The molecule has 0 aromatic heterocycles. The molecule has 1 heterocycles. The lowest BCUT2D eigenvalue weighted by Gasteiger charge is -2.45. The summed E-state index contributed by atoms with van der Waals surface area (Å²) in [4.78, 5) is 118. The fourth-order valence-electron chi connectivity index (χ4n) is 13.0. The number of unbranched alkanes of at least 4 members (excludes halogenated alkanes) is 39. The average Bonchev–Trinajstić information content (AvgIpc) is 0.781. The molecule has 21 nitrogen and oxygen atoms in total. The van der Waals surface area contributed by atoms with Gasteiger partial charge in [-0.2, -0.15) is 0 Å². The van der Waals surface area contributed by atoms with Crippen molar-refractivity contribution in [1.82, 2.24) is 10.6 Å². The van der Waals surface area contributed by atoms with Crippen molar-refractivity contribution in [2.45, 2.75) is 443 Å². The molecule has 0 bridgehead atoms. The van der Waals surface area contributed by atoms with Crippen molar-refractivity contribution in [3.8, 4) is 0 Å². The highest BCUT2D eigenvalue weighted by Gasteiger charge is 2.52. The third kappa shape index (κ3) is 52.3. The highest BCUT2D eigenvalue weighted by Crippen LogP contribution is 2.42. The third-order valence-electron chi connectivity index (χ3n) is 18.9. The van der Waals surface area contributed by atoms with Crippen molar-refractivity contribution in [2.75, 3.05) is 13.2 Å². The molecule has 1 aliphatic rings. The highest BCUT2D eigenvalue weighted by atomic mass is 31.2. The van der Waals surface area contributed by atoms with E-state index < -0.39 is 131 Å². The van der Waals surface area contributed by atoms with Crippen LogP contribution < -0.4 is 10.6 Å². The van der Waals surface area contributed by atoms with Crippen molar-refractivity contribution >= 4 is 49.5 Å². The number of esters is 4. The smallest absolute Gasteiger partial charge is 0.470 e. The summed E-state index contributed by atoms with van der Waals surface area (Å²) < 4.78 is 54.7. The van der Waals surface area contributed by atoms with Gasteiger partial charge in [-0.3, -0.25) is 33.3 Å². The van der Waals surface area contributed by atoms with Gasteiger partial charge in [-0.1, -0.05) is 292 Å². The number of phosphoric ester groups is 1. The molecule has 6 N–H and O–H groups in total. The van der Waals surface area contributed by atoms with Gasteiger partial charge in [0.25, 0.3) is 0 Å².